The summed E-state index contributed by atoms with van der Waals surface area (Å²) < 4.78 is 0. The Labute approximate surface area is 178 Å². The zero-order valence-corrected chi connectivity index (χ0v) is 17.8. The number of aryl methyl sites for hydroxylation is 1. The number of phenolic OH excluding ortho intramolecular Hbond substituents is 1. The molecule has 3 aromatic carbocycles. The average Bonchev–Trinajstić information content (AvgIpc) is 2.72. The fourth-order valence-electron chi connectivity index (χ4n) is 3.35. The molecule has 0 unspecified atom stereocenters. The van der Waals surface area contributed by atoms with Crippen molar-refractivity contribution in [3.05, 3.63) is 83.4 Å². The minimum atomic E-state index is -0.184. The molecule has 0 aliphatic rings. The normalized spacial score (nSPS) is 11.3. The van der Waals surface area contributed by atoms with Gasteiger partial charge >= 0.3 is 0 Å². The van der Waals surface area contributed by atoms with Gasteiger partial charge < -0.3 is 15.5 Å². The molecule has 0 bridgehead atoms. The lowest BCUT2D eigenvalue weighted by molar-refractivity contribution is -0.116. The summed E-state index contributed by atoms with van der Waals surface area (Å²) in [6, 6.07) is 20.8. The van der Waals surface area contributed by atoms with Crippen LogP contribution in [0.4, 0.5) is 5.69 Å². The molecule has 3 N–H and O–H groups in total. The maximum absolute atomic E-state index is 12.5. The van der Waals surface area contributed by atoms with Gasteiger partial charge in [0.15, 0.2) is 0 Å². The maximum atomic E-state index is 12.5. The van der Waals surface area contributed by atoms with Crippen LogP contribution < -0.4 is 5.32 Å². The molecule has 0 atom stereocenters. The monoisotopic (exact) mass is 403 g/mol. The fourth-order valence-corrected chi connectivity index (χ4v) is 3.35. The van der Waals surface area contributed by atoms with Crippen molar-refractivity contribution in [3.8, 4) is 16.9 Å². The molecule has 3 rings (SSSR count). The molecular formula is C26H29NO3. The van der Waals surface area contributed by atoms with Gasteiger partial charge in [-0.15, -0.1) is 0 Å². The van der Waals surface area contributed by atoms with Crippen molar-refractivity contribution < 1.29 is 15.0 Å². The number of rotatable bonds is 6. The van der Waals surface area contributed by atoms with E-state index in [9.17, 15) is 15.0 Å². The van der Waals surface area contributed by atoms with E-state index in [0.717, 1.165) is 16.7 Å². The number of anilines is 1. The van der Waals surface area contributed by atoms with Gasteiger partial charge in [0, 0.05) is 17.7 Å². The zero-order chi connectivity index (χ0) is 21.7. The highest BCUT2D eigenvalue weighted by Crippen LogP contribution is 2.28. The van der Waals surface area contributed by atoms with Crippen LogP contribution in [0.15, 0.2) is 66.7 Å². The van der Waals surface area contributed by atoms with Gasteiger partial charge in [0.2, 0.25) is 5.91 Å². The zero-order valence-electron chi connectivity index (χ0n) is 17.8. The Balaban J connectivity index is 1.64. The first-order valence-electron chi connectivity index (χ1n) is 10.2. The van der Waals surface area contributed by atoms with Crippen LogP contribution in [-0.2, 0) is 23.2 Å². The number of aromatic hydroxyl groups is 1. The van der Waals surface area contributed by atoms with Crippen LogP contribution in [0.25, 0.3) is 11.1 Å². The molecule has 1 amide bonds. The Bertz CT molecular complexity index is 1020. The van der Waals surface area contributed by atoms with E-state index in [4.69, 9.17) is 0 Å². The Kier molecular flexibility index (Phi) is 6.58. The van der Waals surface area contributed by atoms with E-state index in [1.807, 2.05) is 18.2 Å². The summed E-state index contributed by atoms with van der Waals surface area (Å²) in [4.78, 5) is 12.5. The molecule has 3 aromatic rings. The molecule has 0 aliphatic heterocycles. The summed E-state index contributed by atoms with van der Waals surface area (Å²) in [6.07, 6.45) is 1.03. The highest BCUT2D eigenvalue weighted by atomic mass is 16.3. The first-order valence-corrected chi connectivity index (χ1v) is 10.2. The topological polar surface area (TPSA) is 69.6 Å². The molecule has 30 heavy (non-hydrogen) atoms. The first kappa shape index (κ1) is 21.6. The second-order valence-electron chi connectivity index (χ2n) is 8.58. The van der Waals surface area contributed by atoms with Crippen LogP contribution in [0.2, 0.25) is 0 Å². The number of aliphatic hydroxyl groups is 1. The molecule has 0 fully saturated rings. The Morgan fingerprint density at radius 3 is 2.27 bits per heavy atom. The van der Waals surface area contributed by atoms with Gasteiger partial charge in [0.25, 0.3) is 0 Å². The van der Waals surface area contributed by atoms with Crippen LogP contribution in [-0.4, -0.2) is 16.1 Å². The largest absolute Gasteiger partial charge is 0.508 e. The fraction of sp³-hybridized carbons (Fsp3) is 0.269. The van der Waals surface area contributed by atoms with Crippen molar-refractivity contribution in [2.45, 2.75) is 45.6 Å². The van der Waals surface area contributed by atoms with Gasteiger partial charge in [-0.2, -0.15) is 0 Å². The molecule has 4 nitrogen and oxygen atoms in total. The maximum Gasteiger partial charge on any atom is 0.224 e. The summed E-state index contributed by atoms with van der Waals surface area (Å²) in [5, 5.41) is 22.3. The lowest BCUT2D eigenvalue weighted by Crippen LogP contribution is -2.14. The quantitative estimate of drug-likeness (QED) is 0.515. The molecule has 0 heterocycles. The molecule has 4 heteroatoms. The summed E-state index contributed by atoms with van der Waals surface area (Å²) in [5.41, 5.74) is 5.47. The number of aliphatic hydroxyl groups excluding tert-OH is 1. The number of benzene rings is 3. The van der Waals surface area contributed by atoms with Crippen molar-refractivity contribution in [1.29, 1.82) is 0 Å². The third-order valence-electron chi connectivity index (χ3n) is 5.19. The SMILES string of the molecule is CC(C)(C)c1ccc(CCC(=O)Nc2ccc(-c3cccc(O)c3)cc2CO)cc1. The molecule has 0 radical (unpaired) electrons. The molecule has 0 saturated heterocycles. The van der Waals surface area contributed by atoms with Crippen molar-refractivity contribution >= 4 is 11.6 Å². The second-order valence-corrected chi connectivity index (χ2v) is 8.58. The minimum absolute atomic E-state index is 0.0882. The van der Waals surface area contributed by atoms with Crippen LogP contribution in [0.5, 0.6) is 5.75 Å². The van der Waals surface area contributed by atoms with Gasteiger partial charge in [-0.1, -0.05) is 63.2 Å². The van der Waals surface area contributed by atoms with Gasteiger partial charge in [-0.25, -0.2) is 0 Å². The van der Waals surface area contributed by atoms with Crippen molar-refractivity contribution in [3.63, 3.8) is 0 Å². The van der Waals surface area contributed by atoms with E-state index in [-0.39, 0.29) is 23.7 Å². The smallest absolute Gasteiger partial charge is 0.224 e. The Morgan fingerprint density at radius 1 is 0.933 bits per heavy atom. The van der Waals surface area contributed by atoms with Gasteiger partial charge in [0.05, 0.1) is 6.61 Å². The summed E-state index contributed by atoms with van der Waals surface area (Å²) in [6.45, 7) is 6.36. The summed E-state index contributed by atoms with van der Waals surface area (Å²) >= 11 is 0. The predicted molar refractivity (Wildman–Crippen MR) is 122 cm³/mol. The Hall–Kier alpha value is -3.11. The number of amides is 1. The van der Waals surface area contributed by atoms with E-state index in [0.29, 0.717) is 24.1 Å². The number of carbonyl (C=O) groups is 1. The van der Waals surface area contributed by atoms with Gasteiger partial charge in [-0.05, 0) is 58.4 Å². The predicted octanol–water partition coefficient (Wildman–Crippen LogP) is 5.42. The molecule has 0 aliphatic carbocycles. The lowest BCUT2D eigenvalue weighted by atomic mass is 9.86. The second kappa shape index (κ2) is 9.14. The van der Waals surface area contributed by atoms with Gasteiger partial charge in [-0.3, -0.25) is 4.79 Å². The minimum Gasteiger partial charge on any atom is -0.508 e. The van der Waals surface area contributed by atoms with E-state index < -0.39 is 0 Å². The van der Waals surface area contributed by atoms with Crippen molar-refractivity contribution in [2.24, 2.45) is 0 Å². The molecule has 0 aromatic heterocycles. The van der Waals surface area contributed by atoms with E-state index in [1.54, 1.807) is 24.3 Å². The van der Waals surface area contributed by atoms with Crippen LogP contribution in [0.3, 0.4) is 0 Å². The van der Waals surface area contributed by atoms with Crippen molar-refractivity contribution in [2.75, 3.05) is 5.32 Å². The first-order chi connectivity index (χ1) is 14.3. The number of carbonyl (C=O) groups excluding carboxylic acids is 1. The number of phenols is 1. The number of hydrogen-bond acceptors (Lipinski definition) is 3. The molecule has 156 valence electrons. The number of hydrogen-bond donors (Lipinski definition) is 3. The number of nitrogens with one attached hydrogen (secondary N) is 1. The molecule has 0 saturated carbocycles. The van der Waals surface area contributed by atoms with Gasteiger partial charge in [0.1, 0.15) is 5.75 Å². The summed E-state index contributed by atoms with van der Waals surface area (Å²) in [7, 11) is 0. The van der Waals surface area contributed by atoms with E-state index >= 15 is 0 Å². The van der Waals surface area contributed by atoms with E-state index in [1.165, 1.54) is 5.56 Å². The molecular weight excluding hydrogens is 374 g/mol. The standard InChI is InChI=1S/C26H29NO3/c1-26(2,3)22-11-7-18(8-12-22)9-14-25(30)27-24-13-10-20(15-21(24)17-28)19-5-4-6-23(29)16-19/h4-8,10-13,15-16,28-29H,9,14,17H2,1-3H3,(H,27,30). The summed E-state index contributed by atoms with van der Waals surface area (Å²) in [5.74, 6) is 0.0978. The lowest BCUT2D eigenvalue weighted by Gasteiger charge is -2.19. The van der Waals surface area contributed by atoms with Crippen molar-refractivity contribution in [1.82, 2.24) is 0 Å². The van der Waals surface area contributed by atoms with Crippen LogP contribution >= 0.6 is 0 Å². The Morgan fingerprint density at radius 2 is 1.63 bits per heavy atom. The highest BCUT2D eigenvalue weighted by molar-refractivity contribution is 5.92. The third kappa shape index (κ3) is 5.49. The molecule has 0 spiro atoms. The third-order valence-corrected chi connectivity index (χ3v) is 5.19. The highest BCUT2D eigenvalue weighted by Gasteiger charge is 2.13. The van der Waals surface area contributed by atoms with Crippen LogP contribution in [0, 0.1) is 0 Å². The average molecular weight is 404 g/mol. The van der Waals surface area contributed by atoms with Crippen LogP contribution in [0.1, 0.15) is 43.9 Å². The van der Waals surface area contributed by atoms with E-state index in [2.05, 4.69) is 50.4 Å².